The van der Waals surface area contributed by atoms with E-state index in [0.717, 1.165) is 45.9 Å². The molecule has 1 aromatic heterocycles. The standard InChI is InChI=1S/C30H24N4/c1-5-13-23(14-6-1)28-21-29(34(31-28)26-19-11-4-12-20-26)27-22-33(25-17-9-3-10-18-25)32-30(27)24-15-7-2-8-16-24/h1-20,22,29H,21H2/t29-/m0/s1. The summed E-state index contributed by atoms with van der Waals surface area (Å²) >= 11 is 0. The van der Waals surface area contributed by atoms with Crippen molar-refractivity contribution in [1.29, 1.82) is 0 Å². The highest BCUT2D eigenvalue weighted by Crippen LogP contribution is 2.40. The van der Waals surface area contributed by atoms with Gasteiger partial charge in [-0.3, -0.25) is 5.01 Å². The summed E-state index contributed by atoms with van der Waals surface area (Å²) < 4.78 is 1.99. The zero-order chi connectivity index (χ0) is 22.7. The van der Waals surface area contributed by atoms with Gasteiger partial charge in [0.25, 0.3) is 0 Å². The predicted molar refractivity (Wildman–Crippen MR) is 138 cm³/mol. The second kappa shape index (κ2) is 8.83. The van der Waals surface area contributed by atoms with Crippen LogP contribution in [0.5, 0.6) is 0 Å². The molecule has 5 aromatic rings. The summed E-state index contributed by atoms with van der Waals surface area (Å²) in [5, 5.41) is 12.3. The van der Waals surface area contributed by atoms with Crippen LogP contribution in [0.4, 0.5) is 5.69 Å². The number of rotatable bonds is 5. The monoisotopic (exact) mass is 440 g/mol. The predicted octanol–water partition coefficient (Wildman–Crippen LogP) is 6.90. The number of anilines is 1. The molecule has 0 saturated carbocycles. The highest BCUT2D eigenvalue weighted by atomic mass is 15.5. The fraction of sp³-hybridized carbons (Fsp3) is 0.0667. The fourth-order valence-electron chi connectivity index (χ4n) is 4.54. The Morgan fingerprint density at radius 1 is 0.588 bits per heavy atom. The van der Waals surface area contributed by atoms with Crippen molar-refractivity contribution >= 4 is 11.4 Å². The second-order valence-electron chi connectivity index (χ2n) is 8.39. The van der Waals surface area contributed by atoms with Gasteiger partial charge in [-0.15, -0.1) is 0 Å². The smallest absolute Gasteiger partial charge is 0.0981 e. The van der Waals surface area contributed by atoms with E-state index in [4.69, 9.17) is 10.2 Å². The van der Waals surface area contributed by atoms with E-state index in [2.05, 4.69) is 96.1 Å². The van der Waals surface area contributed by atoms with Crippen molar-refractivity contribution < 1.29 is 0 Å². The van der Waals surface area contributed by atoms with Gasteiger partial charge in [0, 0.05) is 23.7 Å². The highest BCUT2D eigenvalue weighted by Gasteiger charge is 2.33. The Hall–Kier alpha value is -4.44. The van der Waals surface area contributed by atoms with Gasteiger partial charge >= 0.3 is 0 Å². The molecule has 1 aliphatic heterocycles. The van der Waals surface area contributed by atoms with Gasteiger partial charge in [0.2, 0.25) is 0 Å². The first kappa shape index (κ1) is 20.2. The normalized spacial score (nSPS) is 15.4. The third-order valence-corrected chi connectivity index (χ3v) is 6.21. The Morgan fingerprint density at radius 2 is 1.12 bits per heavy atom. The van der Waals surface area contributed by atoms with Gasteiger partial charge in [-0.05, 0) is 29.8 Å². The van der Waals surface area contributed by atoms with Crippen molar-refractivity contribution in [3.8, 4) is 16.9 Å². The molecule has 0 aliphatic carbocycles. The summed E-state index contributed by atoms with van der Waals surface area (Å²) in [6.07, 6.45) is 2.97. The van der Waals surface area contributed by atoms with Crippen molar-refractivity contribution in [1.82, 2.24) is 9.78 Å². The molecule has 4 heteroatoms. The Morgan fingerprint density at radius 3 is 1.74 bits per heavy atom. The Bertz CT molecular complexity index is 1410. The Balaban J connectivity index is 1.50. The molecule has 0 bridgehead atoms. The fourth-order valence-corrected chi connectivity index (χ4v) is 4.54. The molecule has 1 aliphatic rings. The largest absolute Gasteiger partial charge is 0.257 e. The van der Waals surface area contributed by atoms with Gasteiger partial charge in [0.15, 0.2) is 0 Å². The number of nitrogens with zero attached hydrogens (tertiary/aromatic N) is 4. The van der Waals surface area contributed by atoms with Gasteiger partial charge in [0.05, 0.1) is 28.8 Å². The summed E-state index contributed by atoms with van der Waals surface area (Å²) in [7, 11) is 0. The first-order valence-corrected chi connectivity index (χ1v) is 11.5. The van der Waals surface area contributed by atoms with Crippen molar-refractivity contribution in [2.45, 2.75) is 12.5 Å². The first-order chi connectivity index (χ1) is 16.9. The lowest BCUT2D eigenvalue weighted by Gasteiger charge is -2.23. The molecule has 0 amide bonds. The zero-order valence-corrected chi connectivity index (χ0v) is 18.7. The van der Waals surface area contributed by atoms with E-state index in [1.54, 1.807) is 0 Å². The van der Waals surface area contributed by atoms with E-state index in [0.29, 0.717) is 0 Å². The molecule has 0 N–H and O–H groups in total. The maximum Gasteiger partial charge on any atom is 0.0981 e. The summed E-state index contributed by atoms with van der Waals surface area (Å²) in [6.45, 7) is 0. The molecular formula is C30H24N4. The van der Waals surface area contributed by atoms with Crippen LogP contribution in [0, 0.1) is 0 Å². The molecule has 0 unspecified atom stereocenters. The highest BCUT2D eigenvalue weighted by molar-refractivity contribution is 6.03. The van der Waals surface area contributed by atoms with Crippen molar-refractivity contribution in [3.63, 3.8) is 0 Å². The minimum absolute atomic E-state index is 0.0327. The van der Waals surface area contributed by atoms with Crippen LogP contribution in [0.1, 0.15) is 23.6 Å². The molecule has 34 heavy (non-hydrogen) atoms. The van der Waals surface area contributed by atoms with Crippen molar-refractivity contribution in [2.24, 2.45) is 5.10 Å². The maximum atomic E-state index is 5.12. The molecule has 164 valence electrons. The van der Waals surface area contributed by atoms with Gasteiger partial charge in [0.1, 0.15) is 0 Å². The lowest BCUT2D eigenvalue weighted by Crippen LogP contribution is -2.18. The average molecular weight is 441 g/mol. The summed E-state index contributed by atoms with van der Waals surface area (Å²) in [6, 6.07) is 41.6. The second-order valence-corrected chi connectivity index (χ2v) is 8.39. The molecular weight excluding hydrogens is 416 g/mol. The molecule has 1 atom stereocenters. The molecule has 0 spiro atoms. The van der Waals surface area contributed by atoms with E-state index in [1.165, 1.54) is 0 Å². The third kappa shape index (κ3) is 3.80. The molecule has 0 fully saturated rings. The first-order valence-electron chi connectivity index (χ1n) is 11.5. The summed E-state index contributed by atoms with van der Waals surface area (Å²) in [5.74, 6) is 0. The Labute approximate surface area is 199 Å². The number of hydrogen-bond acceptors (Lipinski definition) is 3. The summed E-state index contributed by atoms with van der Waals surface area (Å²) in [4.78, 5) is 0. The van der Waals surface area contributed by atoms with Gasteiger partial charge < -0.3 is 0 Å². The van der Waals surface area contributed by atoms with Crippen LogP contribution in [-0.4, -0.2) is 15.5 Å². The molecule has 4 aromatic carbocycles. The van der Waals surface area contributed by atoms with Gasteiger partial charge in [-0.1, -0.05) is 97.1 Å². The molecule has 2 heterocycles. The zero-order valence-electron chi connectivity index (χ0n) is 18.7. The number of hydrazone groups is 1. The van der Waals surface area contributed by atoms with Crippen LogP contribution < -0.4 is 5.01 Å². The van der Waals surface area contributed by atoms with E-state index < -0.39 is 0 Å². The van der Waals surface area contributed by atoms with E-state index in [1.807, 2.05) is 41.1 Å². The molecule has 0 saturated heterocycles. The van der Waals surface area contributed by atoms with Crippen molar-refractivity contribution in [2.75, 3.05) is 5.01 Å². The van der Waals surface area contributed by atoms with Crippen LogP contribution in [0.3, 0.4) is 0 Å². The topological polar surface area (TPSA) is 33.4 Å². The van der Waals surface area contributed by atoms with Crippen LogP contribution in [0.25, 0.3) is 16.9 Å². The number of para-hydroxylation sites is 2. The quantitative estimate of drug-likeness (QED) is 0.298. The lowest BCUT2D eigenvalue weighted by molar-refractivity contribution is 0.709. The molecule has 4 nitrogen and oxygen atoms in total. The van der Waals surface area contributed by atoms with Crippen LogP contribution in [0.2, 0.25) is 0 Å². The van der Waals surface area contributed by atoms with E-state index >= 15 is 0 Å². The maximum absolute atomic E-state index is 5.12. The third-order valence-electron chi connectivity index (χ3n) is 6.21. The molecule has 6 rings (SSSR count). The van der Waals surface area contributed by atoms with Gasteiger partial charge in [-0.2, -0.15) is 10.2 Å². The molecule has 0 radical (unpaired) electrons. The minimum Gasteiger partial charge on any atom is -0.257 e. The van der Waals surface area contributed by atoms with E-state index in [-0.39, 0.29) is 6.04 Å². The Kier molecular flexibility index (Phi) is 5.24. The van der Waals surface area contributed by atoms with Crippen molar-refractivity contribution in [3.05, 3.63) is 139 Å². The number of benzene rings is 4. The number of aromatic nitrogens is 2. The van der Waals surface area contributed by atoms with E-state index in [9.17, 15) is 0 Å². The lowest BCUT2D eigenvalue weighted by atomic mass is 9.96. The minimum atomic E-state index is 0.0327. The van der Waals surface area contributed by atoms with Crippen LogP contribution in [0.15, 0.2) is 133 Å². The van der Waals surface area contributed by atoms with Crippen LogP contribution >= 0.6 is 0 Å². The SMILES string of the molecule is c1ccc(C2=NN(c3ccccc3)[C@H](c3cn(-c4ccccc4)nc3-c3ccccc3)C2)cc1. The average Bonchev–Trinajstić information content (AvgIpc) is 3.56. The van der Waals surface area contributed by atoms with Gasteiger partial charge in [-0.25, -0.2) is 4.68 Å². The number of hydrogen-bond donors (Lipinski definition) is 0. The summed E-state index contributed by atoms with van der Waals surface area (Å²) in [5.41, 5.74) is 7.61. The van der Waals surface area contributed by atoms with Crippen LogP contribution in [-0.2, 0) is 0 Å².